The van der Waals surface area contributed by atoms with Gasteiger partial charge in [0, 0.05) is 18.7 Å². The first kappa shape index (κ1) is 19.4. The molecule has 140 valence electrons. The molecule has 0 aromatic heterocycles. The second-order valence-electron chi connectivity index (χ2n) is 6.18. The van der Waals surface area contributed by atoms with E-state index in [1.54, 1.807) is 0 Å². The molecule has 1 unspecified atom stereocenters. The van der Waals surface area contributed by atoms with E-state index in [9.17, 15) is 23.6 Å². The second kappa shape index (κ2) is 7.94. The molecule has 1 aromatic rings. The zero-order valence-corrected chi connectivity index (χ0v) is 14.4. The van der Waals surface area contributed by atoms with E-state index in [-0.39, 0.29) is 18.9 Å². The van der Waals surface area contributed by atoms with Crippen LogP contribution in [0.5, 0.6) is 0 Å². The Morgan fingerprint density at radius 3 is 2.35 bits per heavy atom. The molecule has 0 bridgehead atoms. The number of aliphatic carboxylic acids is 1. The van der Waals surface area contributed by atoms with Gasteiger partial charge in [-0.15, -0.1) is 0 Å². The van der Waals surface area contributed by atoms with Crippen LogP contribution in [0.25, 0.3) is 0 Å². The molecule has 1 aromatic carbocycles. The molecule has 1 fully saturated rings. The quantitative estimate of drug-likeness (QED) is 0.669. The summed E-state index contributed by atoms with van der Waals surface area (Å²) in [5.74, 6) is -3.65. The largest absolute Gasteiger partial charge is 0.480 e. The molecular formula is C17H20FN3O5. The summed E-state index contributed by atoms with van der Waals surface area (Å²) in [5.41, 5.74) is 0.493. The topological polar surface area (TPSA) is 116 Å². The third-order valence-corrected chi connectivity index (χ3v) is 4.12. The number of carboxylic acid groups (broad SMARTS) is 1. The third-order valence-electron chi connectivity index (χ3n) is 4.12. The number of nitrogens with one attached hydrogen (secondary N) is 2. The van der Waals surface area contributed by atoms with Crippen molar-refractivity contribution in [3.8, 4) is 0 Å². The van der Waals surface area contributed by atoms with E-state index in [1.165, 1.54) is 43.0 Å². The summed E-state index contributed by atoms with van der Waals surface area (Å²) in [6, 6.07) is 3.34. The van der Waals surface area contributed by atoms with Crippen molar-refractivity contribution in [2.45, 2.75) is 32.4 Å². The maximum Gasteiger partial charge on any atom is 0.325 e. The molecule has 2 rings (SSSR count). The maximum absolute atomic E-state index is 13.0. The monoisotopic (exact) mass is 365 g/mol. The minimum atomic E-state index is -1.19. The van der Waals surface area contributed by atoms with Crippen LogP contribution < -0.4 is 15.5 Å². The van der Waals surface area contributed by atoms with Gasteiger partial charge in [-0.25, -0.2) is 4.39 Å². The highest BCUT2D eigenvalue weighted by Gasteiger charge is 2.36. The van der Waals surface area contributed by atoms with Gasteiger partial charge >= 0.3 is 5.97 Å². The van der Waals surface area contributed by atoms with Gasteiger partial charge in [0.15, 0.2) is 0 Å². The van der Waals surface area contributed by atoms with Crippen molar-refractivity contribution in [2.75, 3.05) is 11.4 Å². The zero-order valence-electron chi connectivity index (χ0n) is 14.4. The zero-order chi connectivity index (χ0) is 19.4. The highest BCUT2D eigenvalue weighted by Crippen LogP contribution is 2.25. The molecule has 0 saturated carbocycles. The van der Waals surface area contributed by atoms with Crippen LogP contribution in [0.1, 0.15) is 20.3 Å². The molecule has 1 heterocycles. The van der Waals surface area contributed by atoms with Gasteiger partial charge in [-0.1, -0.05) is 0 Å². The lowest BCUT2D eigenvalue weighted by Crippen LogP contribution is -2.50. The second-order valence-corrected chi connectivity index (χ2v) is 6.18. The molecule has 3 N–H and O–H groups in total. The van der Waals surface area contributed by atoms with E-state index >= 15 is 0 Å². The van der Waals surface area contributed by atoms with Crippen molar-refractivity contribution in [3.63, 3.8) is 0 Å². The molecule has 0 radical (unpaired) electrons. The number of carboxylic acids is 1. The standard InChI is InChI=1S/C17H20FN3O5/c1-9(15(23)20-10(2)17(25)26)19-16(24)11-7-14(22)21(8-11)13-5-3-12(18)4-6-13/h3-6,9-11H,7-8H2,1-2H3,(H,19,24)(H,20,23)(H,25,26)/t9-,10-,11?/m1/s1. The van der Waals surface area contributed by atoms with Gasteiger partial charge in [0.1, 0.15) is 17.9 Å². The van der Waals surface area contributed by atoms with Crippen LogP contribution in [0.4, 0.5) is 10.1 Å². The molecule has 1 aliphatic rings. The number of hydrogen-bond donors (Lipinski definition) is 3. The summed E-state index contributed by atoms with van der Waals surface area (Å²) >= 11 is 0. The fourth-order valence-corrected chi connectivity index (χ4v) is 2.55. The molecule has 0 aliphatic carbocycles. The Hall–Kier alpha value is -2.97. The number of carbonyl (C=O) groups is 4. The summed E-state index contributed by atoms with van der Waals surface area (Å²) in [6.07, 6.45) is -0.0247. The lowest BCUT2D eigenvalue weighted by atomic mass is 10.1. The molecule has 0 spiro atoms. The predicted octanol–water partition coefficient (Wildman–Crippen LogP) is 0.273. The Morgan fingerprint density at radius 1 is 1.15 bits per heavy atom. The average Bonchev–Trinajstić information content (AvgIpc) is 2.97. The van der Waals surface area contributed by atoms with Gasteiger partial charge in [-0.05, 0) is 38.1 Å². The molecular weight excluding hydrogens is 345 g/mol. The third kappa shape index (κ3) is 4.56. The summed E-state index contributed by atoms with van der Waals surface area (Å²) in [6.45, 7) is 2.86. The number of carbonyl (C=O) groups excluding carboxylic acids is 3. The minimum absolute atomic E-state index is 0.0247. The van der Waals surface area contributed by atoms with Crippen molar-refractivity contribution in [1.82, 2.24) is 10.6 Å². The average molecular weight is 365 g/mol. The first-order valence-corrected chi connectivity index (χ1v) is 8.08. The summed E-state index contributed by atoms with van der Waals surface area (Å²) in [7, 11) is 0. The van der Waals surface area contributed by atoms with Crippen LogP contribution in [0.15, 0.2) is 24.3 Å². The van der Waals surface area contributed by atoms with Crippen LogP contribution in [0.2, 0.25) is 0 Å². The number of benzene rings is 1. The van der Waals surface area contributed by atoms with Gasteiger partial charge < -0.3 is 20.6 Å². The number of halogens is 1. The van der Waals surface area contributed by atoms with Gasteiger partial charge in [0.25, 0.3) is 0 Å². The Balaban J connectivity index is 1.94. The number of amides is 3. The van der Waals surface area contributed by atoms with Crippen molar-refractivity contribution >= 4 is 29.4 Å². The van der Waals surface area contributed by atoms with E-state index in [0.29, 0.717) is 5.69 Å². The van der Waals surface area contributed by atoms with Gasteiger partial charge in [0.05, 0.1) is 5.92 Å². The van der Waals surface area contributed by atoms with Crippen LogP contribution in [-0.4, -0.2) is 47.4 Å². The maximum atomic E-state index is 13.0. The fourth-order valence-electron chi connectivity index (χ4n) is 2.55. The minimum Gasteiger partial charge on any atom is -0.480 e. The van der Waals surface area contributed by atoms with Crippen molar-refractivity contribution in [2.24, 2.45) is 5.92 Å². The van der Waals surface area contributed by atoms with E-state index in [2.05, 4.69) is 10.6 Å². The first-order valence-electron chi connectivity index (χ1n) is 8.08. The van der Waals surface area contributed by atoms with Gasteiger partial charge in [0.2, 0.25) is 17.7 Å². The van der Waals surface area contributed by atoms with Crippen LogP contribution in [0, 0.1) is 11.7 Å². The van der Waals surface area contributed by atoms with E-state index in [4.69, 9.17) is 5.11 Å². The lowest BCUT2D eigenvalue weighted by molar-refractivity contribution is -0.141. The summed E-state index contributed by atoms with van der Waals surface area (Å²) in [5, 5.41) is 13.5. The van der Waals surface area contributed by atoms with Crippen molar-refractivity contribution < 1.29 is 28.7 Å². The number of rotatable bonds is 6. The normalized spacial score (nSPS) is 19.0. The SMILES string of the molecule is C[C@@H](NC(=O)[C@@H](C)NC(=O)C1CC(=O)N(c2ccc(F)cc2)C1)C(=O)O. The molecule has 1 aliphatic heterocycles. The highest BCUT2D eigenvalue weighted by atomic mass is 19.1. The van der Waals surface area contributed by atoms with Crippen LogP contribution in [-0.2, 0) is 19.2 Å². The van der Waals surface area contributed by atoms with Crippen molar-refractivity contribution in [3.05, 3.63) is 30.1 Å². The molecule has 8 nitrogen and oxygen atoms in total. The smallest absolute Gasteiger partial charge is 0.325 e. The van der Waals surface area contributed by atoms with Gasteiger partial charge in [-0.2, -0.15) is 0 Å². The van der Waals surface area contributed by atoms with E-state index in [0.717, 1.165) is 0 Å². The molecule has 9 heteroatoms. The molecule has 3 atom stereocenters. The lowest BCUT2D eigenvalue weighted by Gasteiger charge is -2.19. The molecule has 3 amide bonds. The molecule has 1 saturated heterocycles. The van der Waals surface area contributed by atoms with E-state index in [1.807, 2.05) is 0 Å². The van der Waals surface area contributed by atoms with Crippen LogP contribution in [0.3, 0.4) is 0 Å². The number of nitrogens with zero attached hydrogens (tertiary/aromatic N) is 1. The van der Waals surface area contributed by atoms with Crippen molar-refractivity contribution in [1.29, 1.82) is 0 Å². The first-order chi connectivity index (χ1) is 12.2. The fraction of sp³-hybridized carbons (Fsp3) is 0.412. The summed E-state index contributed by atoms with van der Waals surface area (Å²) in [4.78, 5) is 48.5. The summed E-state index contributed by atoms with van der Waals surface area (Å²) < 4.78 is 13.0. The molecule has 26 heavy (non-hydrogen) atoms. The number of anilines is 1. The van der Waals surface area contributed by atoms with Crippen LogP contribution >= 0.6 is 0 Å². The van der Waals surface area contributed by atoms with E-state index < -0.39 is 41.6 Å². The predicted molar refractivity (Wildman–Crippen MR) is 89.7 cm³/mol. The Kier molecular flexibility index (Phi) is 5.91. The Morgan fingerprint density at radius 2 is 1.77 bits per heavy atom. The van der Waals surface area contributed by atoms with Gasteiger partial charge in [-0.3, -0.25) is 19.2 Å². The highest BCUT2D eigenvalue weighted by molar-refractivity contribution is 6.01. The Labute approximate surface area is 149 Å². The number of hydrogen-bond acceptors (Lipinski definition) is 4. The Bertz CT molecular complexity index is 722.